The lowest BCUT2D eigenvalue weighted by molar-refractivity contribution is -0.351. The van der Waals surface area contributed by atoms with Crippen molar-refractivity contribution in [2.75, 3.05) is 5.43 Å². The Bertz CT molecular complexity index is 321. The fourth-order valence-corrected chi connectivity index (χ4v) is 0.699. The summed E-state index contributed by atoms with van der Waals surface area (Å²) in [5.41, 5.74) is 3.30. The van der Waals surface area contributed by atoms with Crippen LogP contribution in [0, 0.1) is 10.1 Å². The van der Waals surface area contributed by atoms with Gasteiger partial charge in [-0.3, -0.25) is 0 Å². The summed E-state index contributed by atoms with van der Waals surface area (Å²) in [7, 11) is 0. The summed E-state index contributed by atoms with van der Waals surface area (Å²) in [6.07, 6.45) is 0. The molecule has 0 aliphatic carbocycles. The average molecular weight is 179 g/mol. The second-order valence-corrected chi connectivity index (χ2v) is 2.39. The Morgan fingerprint density at radius 2 is 2.08 bits per heavy atom. The summed E-state index contributed by atoms with van der Waals surface area (Å²) < 4.78 is 0. The van der Waals surface area contributed by atoms with E-state index in [0.29, 0.717) is 0 Å². The molecule has 13 heavy (non-hydrogen) atoms. The van der Waals surface area contributed by atoms with Crippen LogP contribution in [0.25, 0.3) is 0 Å². The molecule has 0 aromatic heterocycles. The van der Waals surface area contributed by atoms with Crippen LogP contribution < -0.4 is 5.43 Å². The van der Waals surface area contributed by atoms with Crippen molar-refractivity contribution in [3.8, 4) is 0 Å². The van der Waals surface area contributed by atoms with Crippen molar-refractivity contribution < 1.29 is 4.92 Å². The second kappa shape index (κ2) is 4.20. The maximum Gasteiger partial charge on any atom is 0.360 e. The van der Waals surface area contributed by atoms with Gasteiger partial charge in [-0.1, -0.05) is 18.2 Å². The Balaban J connectivity index is 2.62. The van der Waals surface area contributed by atoms with Crippen LogP contribution in [0.3, 0.4) is 0 Å². The maximum absolute atomic E-state index is 10.2. The van der Waals surface area contributed by atoms with Gasteiger partial charge in [-0.25, -0.2) is 0 Å². The van der Waals surface area contributed by atoms with Gasteiger partial charge < -0.3 is 10.1 Å². The lowest BCUT2D eigenvalue weighted by atomic mass is 10.3. The summed E-state index contributed by atoms with van der Waals surface area (Å²) in [4.78, 5) is 9.61. The number of amidine groups is 1. The molecule has 0 fully saturated rings. The summed E-state index contributed by atoms with van der Waals surface area (Å²) in [6.45, 7) is 1.33. The number of hydrogen-bond donors (Lipinski definition) is 1. The van der Waals surface area contributed by atoms with E-state index < -0.39 is 4.92 Å². The third-order valence-electron chi connectivity index (χ3n) is 1.38. The van der Waals surface area contributed by atoms with Crippen LogP contribution in [-0.2, 0) is 0 Å². The van der Waals surface area contributed by atoms with Gasteiger partial charge in [0.25, 0.3) is 0 Å². The fourth-order valence-electron chi connectivity index (χ4n) is 0.699. The van der Waals surface area contributed by atoms with E-state index in [0.717, 1.165) is 5.69 Å². The molecule has 0 atom stereocenters. The monoisotopic (exact) mass is 179 g/mol. The van der Waals surface area contributed by atoms with Crippen molar-refractivity contribution in [3.05, 3.63) is 40.4 Å². The Hall–Kier alpha value is -1.91. The topological polar surface area (TPSA) is 67.5 Å². The molecule has 1 aromatic rings. The molecule has 5 nitrogen and oxygen atoms in total. The zero-order chi connectivity index (χ0) is 9.68. The van der Waals surface area contributed by atoms with E-state index in [1.807, 2.05) is 18.2 Å². The predicted octanol–water partition coefficient (Wildman–Crippen LogP) is 1.71. The highest BCUT2D eigenvalue weighted by molar-refractivity contribution is 5.71. The number of anilines is 1. The molecule has 5 heteroatoms. The van der Waals surface area contributed by atoms with Gasteiger partial charge in [-0.15, -0.1) is 0 Å². The number of nitrogens with zero attached hydrogens (tertiary/aromatic N) is 2. The van der Waals surface area contributed by atoms with Crippen LogP contribution in [0.1, 0.15) is 6.92 Å². The number of rotatable bonds is 2. The lowest BCUT2D eigenvalue weighted by Gasteiger charge is -1.93. The predicted molar refractivity (Wildman–Crippen MR) is 50.2 cm³/mol. The first kappa shape index (κ1) is 9.18. The normalized spacial score (nSPS) is 11.0. The fraction of sp³-hybridized carbons (Fsp3) is 0.125. The zero-order valence-electron chi connectivity index (χ0n) is 7.10. The number of nitro groups is 1. The van der Waals surface area contributed by atoms with Crippen molar-refractivity contribution in [1.29, 1.82) is 0 Å². The summed E-state index contributed by atoms with van der Waals surface area (Å²) >= 11 is 0. The van der Waals surface area contributed by atoms with Gasteiger partial charge in [0.15, 0.2) is 0 Å². The molecule has 0 spiro atoms. The van der Waals surface area contributed by atoms with E-state index >= 15 is 0 Å². The van der Waals surface area contributed by atoms with E-state index in [1.54, 1.807) is 12.1 Å². The zero-order valence-corrected chi connectivity index (χ0v) is 7.10. The van der Waals surface area contributed by atoms with Gasteiger partial charge in [0.1, 0.15) is 0 Å². The Morgan fingerprint density at radius 1 is 1.46 bits per heavy atom. The molecule has 0 aliphatic heterocycles. The molecule has 0 aliphatic rings. The van der Waals surface area contributed by atoms with Crippen LogP contribution in [-0.4, -0.2) is 10.8 Å². The Labute approximate surface area is 75.2 Å². The van der Waals surface area contributed by atoms with Gasteiger partial charge in [0.05, 0.1) is 10.8 Å². The van der Waals surface area contributed by atoms with E-state index in [1.165, 1.54) is 6.92 Å². The van der Waals surface area contributed by atoms with E-state index in [4.69, 9.17) is 0 Å². The maximum atomic E-state index is 10.2. The SMILES string of the molecule is C/C(=N/Nc1ccccc1)[N+](=O)[O-]. The van der Waals surface area contributed by atoms with Gasteiger partial charge in [0.2, 0.25) is 0 Å². The minimum atomic E-state index is -0.546. The number of hydrogen-bond acceptors (Lipinski definition) is 4. The average Bonchev–Trinajstić information content (AvgIpc) is 2.15. The molecule has 0 heterocycles. The number of para-hydroxylation sites is 1. The smallest absolute Gasteiger partial charge is 0.358 e. The first-order valence-corrected chi connectivity index (χ1v) is 3.70. The first-order valence-electron chi connectivity index (χ1n) is 3.70. The third-order valence-corrected chi connectivity index (χ3v) is 1.38. The molecule has 1 rings (SSSR count). The number of nitrogens with one attached hydrogen (secondary N) is 1. The van der Waals surface area contributed by atoms with Gasteiger partial charge in [-0.05, 0) is 17.1 Å². The quantitative estimate of drug-likeness (QED) is 0.325. The highest BCUT2D eigenvalue weighted by atomic mass is 16.6. The minimum absolute atomic E-state index is 0.163. The standard InChI is InChI=1S/C8H9N3O2/c1-7(11(12)13)9-10-8-5-3-2-4-6-8/h2-6,10H,1H3/b9-7-. The molecule has 0 radical (unpaired) electrons. The Kier molecular flexibility index (Phi) is 2.97. The van der Waals surface area contributed by atoms with E-state index in [9.17, 15) is 10.1 Å². The van der Waals surface area contributed by atoms with Crippen molar-refractivity contribution in [3.63, 3.8) is 0 Å². The van der Waals surface area contributed by atoms with Crippen molar-refractivity contribution >= 4 is 11.5 Å². The molecule has 0 unspecified atom stereocenters. The number of hydrazone groups is 1. The van der Waals surface area contributed by atoms with Gasteiger partial charge >= 0.3 is 5.84 Å². The van der Waals surface area contributed by atoms with Crippen LogP contribution in [0.2, 0.25) is 0 Å². The molecule has 1 N–H and O–H groups in total. The third kappa shape index (κ3) is 2.90. The summed E-state index contributed by atoms with van der Waals surface area (Å²) in [5.74, 6) is -0.163. The van der Waals surface area contributed by atoms with Crippen LogP contribution >= 0.6 is 0 Å². The van der Waals surface area contributed by atoms with Gasteiger partial charge in [-0.2, -0.15) is 5.43 Å². The van der Waals surface area contributed by atoms with E-state index in [2.05, 4.69) is 10.5 Å². The van der Waals surface area contributed by atoms with Crippen LogP contribution in [0.5, 0.6) is 0 Å². The van der Waals surface area contributed by atoms with Crippen molar-refractivity contribution in [2.45, 2.75) is 6.92 Å². The number of benzene rings is 1. The largest absolute Gasteiger partial charge is 0.360 e. The molecule has 0 saturated carbocycles. The van der Waals surface area contributed by atoms with Crippen LogP contribution in [0.4, 0.5) is 5.69 Å². The summed E-state index contributed by atoms with van der Waals surface area (Å²) in [5, 5.41) is 13.7. The lowest BCUT2D eigenvalue weighted by Crippen LogP contribution is -2.08. The van der Waals surface area contributed by atoms with Crippen LogP contribution in [0.15, 0.2) is 35.4 Å². The molecule has 0 saturated heterocycles. The molecule has 68 valence electrons. The molecule has 0 amide bonds. The minimum Gasteiger partial charge on any atom is -0.358 e. The van der Waals surface area contributed by atoms with Gasteiger partial charge in [0, 0.05) is 6.92 Å². The summed E-state index contributed by atoms with van der Waals surface area (Å²) in [6, 6.07) is 9.04. The first-order chi connectivity index (χ1) is 6.20. The highest BCUT2D eigenvalue weighted by Gasteiger charge is 2.02. The van der Waals surface area contributed by atoms with E-state index in [-0.39, 0.29) is 5.84 Å². The van der Waals surface area contributed by atoms with Crippen molar-refractivity contribution in [1.82, 2.24) is 0 Å². The highest BCUT2D eigenvalue weighted by Crippen LogP contribution is 2.04. The Morgan fingerprint density at radius 3 is 2.62 bits per heavy atom. The second-order valence-electron chi connectivity index (χ2n) is 2.39. The molecular formula is C8H9N3O2. The van der Waals surface area contributed by atoms with Crippen molar-refractivity contribution in [2.24, 2.45) is 5.10 Å². The molecule has 0 bridgehead atoms. The molecular weight excluding hydrogens is 170 g/mol. The molecule has 1 aromatic carbocycles.